The molecular formula is C10H9FN4O3S. The first-order valence-electron chi connectivity index (χ1n) is 5.53. The summed E-state index contributed by atoms with van der Waals surface area (Å²) in [7, 11) is -4.17. The molecule has 2 aromatic rings. The number of rotatable bonds is 4. The highest BCUT2D eigenvalue weighted by Crippen LogP contribution is 2.39. The minimum atomic E-state index is -4.17. The quantitative estimate of drug-likeness (QED) is 0.908. The van der Waals surface area contributed by atoms with Crippen molar-refractivity contribution in [3.63, 3.8) is 0 Å². The lowest BCUT2D eigenvalue weighted by Gasteiger charge is -2.03. The van der Waals surface area contributed by atoms with Crippen LogP contribution in [0.1, 0.15) is 24.7 Å². The molecule has 0 aromatic carbocycles. The van der Waals surface area contributed by atoms with E-state index >= 15 is 0 Å². The van der Waals surface area contributed by atoms with Crippen LogP contribution in [0.3, 0.4) is 0 Å². The van der Waals surface area contributed by atoms with Gasteiger partial charge < -0.3 is 4.42 Å². The van der Waals surface area contributed by atoms with Gasteiger partial charge in [0, 0.05) is 12.1 Å². The van der Waals surface area contributed by atoms with Gasteiger partial charge in [0.2, 0.25) is 10.9 Å². The Morgan fingerprint density at radius 3 is 2.84 bits per heavy atom. The molecule has 1 aliphatic carbocycles. The van der Waals surface area contributed by atoms with Crippen LogP contribution in [0.15, 0.2) is 27.8 Å². The van der Waals surface area contributed by atoms with E-state index in [4.69, 9.17) is 4.42 Å². The molecule has 0 aliphatic heterocycles. The molecular weight excluding hydrogens is 275 g/mol. The van der Waals surface area contributed by atoms with E-state index in [1.807, 2.05) is 4.72 Å². The molecule has 0 atom stereocenters. The largest absolute Gasteiger partial charge is 0.407 e. The van der Waals surface area contributed by atoms with Crippen LogP contribution in [0, 0.1) is 5.82 Å². The molecule has 0 spiro atoms. The minimum absolute atomic E-state index is 0.206. The first kappa shape index (κ1) is 12.0. The summed E-state index contributed by atoms with van der Waals surface area (Å²) in [5.41, 5.74) is 0. The number of hydrogen-bond donors (Lipinski definition) is 1. The second-order valence-electron chi connectivity index (χ2n) is 4.12. The highest BCUT2D eigenvalue weighted by molar-refractivity contribution is 7.92. The Labute approximate surface area is 107 Å². The SMILES string of the molecule is O=S(=O)(Nc1nnc(C2CC2)o1)c1ncccc1F. The monoisotopic (exact) mass is 284 g/mol. The highest BCUT2D eigenvalue weighted by atomic mass is 32.2. The molecule has 9 heteroatoms. The van der Waals surface area contributed by atoms with Crippen molar-refractivity contribution in [3.8, 4) is 0 Å². The molecule has 100 valence electrons. The summed E-state index contributed by atoms with van der Waals surface area (Å²) in [6.45, 7) is 0. The third-order valence-corrected chi connectivity index (χ3v) is 3.82. The Morgan fingerprint density at radius 2 is 2.16 bits per heavy atom. The molecule has 0 bridgehead atoms. The van der Waals surface area contributed by atoms with E-state index < -0.39 is 20.9 Å². The van der Waals surface area contributed by atoms with Crippen LogP contribution in [0.4, 0.5) is 10.4 Å². The lowest BCUT2D eigenvalue weighted by atomic mass is 10.4. The van der Waals surface area contributed by atoms with Crippen LogP contribution < -0.4 is 4.72 Å². The van der Waals surface area contributed by atoms with Gasteiger partial charge >= 0.3 is 6.01 Å². The second-order valence-corrected chi connectivity index (χ2v) is 5.71. The van der Waals surface area contributed by atoms with E-state index in [9.17, 15) is 12.8 Å². The fraction of sp³-hybridized carbons (Fsp3) is 0.300. The zero-order chi connectivity index (χ0) is 13.5. The Balaban J connectivity index is 1.86. The predicted octanol–water partition coefficient (Wildman–Crippen LogP) is 1.28. The number of nitrogens with zero attached hydrogens (tertiary/aromatic N) is 3. The van der Waals surface area contributed by atoms with Gasteiger partial charge in [-0.2, -0.15) is 8.42 Å². The first-order valence-corrected chi connectivity index (χ1v) is 7.01. The average molecular weight is 284 g/mol. The number of halogens is 1. The standard InChI is InChI=1S/C10H9FN4O3S/c11-7-2-1-5-12-9(7)19(16,17)15-10-14-13-8(18-10)6-3-4-6/h1-2,5-6H,3-4H2,(H,14,15). The smallest absolute Gasteiger partial charge is 0.329 e. The summed E-state index contributed by atoms with van der Waals surface area (Å²) < 4.78 is 44.3. The van der Waals surface area contributed by atoms with E-state index in [-0.39, 0.29) is 11.9 Å². The summed E-state index contributed by atoms with van der Waals surface area (Å²) >= 11 is 0. The molecule has 1 fully saturated rings. The van der Waals surface area contributed by atoms with Crippen molar-refractivity contribution < 1.29 is 17.2 Å². The van der Waals surface area contributed by atoms with Gasteiger partial charge in [-0.05, 0) is 25.0 Å². The third kappa shape index (κ3) is 2.41. The first-order chi connectivity index (χ1) is 9.06. The summed E-state index contributed by atoms with van der Waals surface area (Å²) in [5, 5.41) is 6.57. The fourth-order valence-electron chi connectivity index (χ4n) is 1.50. The normalized spacial score (nSPS) is 15.4. The zero-order valence-electron chi connectivity index (χ0n) is 9.58. The molecule has 2 heterocycles. The van der Waals surface area contributed by atoms with Crippen LogP contribution >= 0.6 is 0 Å². The van der Waals surface area contributed by atoms with Gasteiger partial charge in [-0.15, -0.1) is 5.10 Å². The van der Waals surface area contributed by atoms with Gasteiger partial charge in [0.25, 0.3) is 10.0 Å². The number of aromatic nitrogens is 3. The molecule has 0 amide bonds. The van der Waals surface area contributed by atoms with Crippen molar-refractivity contribution in [1.29, 1.82) is 0 Å². The maximum atomic E-state index is 13.4. The maximum Gasteiger partial charge on any atom is 0.329 e. The van der Waals surface area contributed by atoms with Crippen molar-refractivity contribution in [2.45, 2.75) is 23.8 Å². The molecule has 7 nitrogen and oxygen atoms in total. The van der Waals surface area contributed by atoms with E-state index in [0.717, 1.165) is 18.9 Å². The van der Waals surface area contributed by atoms with Crippen LogP contribution in [0.5, 0.6) is 0 Å². The summed E-state index contributed by atoms with van der Waals surface area (Å²) in [6, 6.07) is 2.02. The van der Waals surface area contributed by atoms with Crippen molar-refractivity contribution >= 4 is 16.0 Å². The maximum absolute atomic E-state index is 13.4. The minimum Gasteiger partial charge on any atom is -0.407 e. The third-order valence-electron chi connectivity index (χ3n) is 2.57. The van der Waals surface area contributed by atoms with Gasteiger partial charge in [0.1, 0.15) is 0 Å². The van der Waals surface area contributed by atoms with E-state index in [0.29, 0.717) is 5.89 Å². The lowest BCUT2D eigenvalue weighted by Crippen LogP contribution is -2.16. The average Bonchev–Trinajstić information content (AvgIpc) is 3.11. The van der Waals surface area contributed by atoms with E-state index in [1.165, 1.54) is 12.3 Å². The summed E-state index contributed by atoms with van der Waals surface area (Å²) in [5.74, 6) is -0.353. The topological polar surface area (TPSA) is 98.0 Å². The Hall–Kier alpha value is -2.03. The highest BCUT2D eigenvalue weighted by Gasteiger charge is 2.30. The molecule has 1 N–H and O–H groups in total. The zero-order valence-corrected chi connectivity index (χ0v) is 10.4. The molecule has 1 aliphatic rings. The van der Waals surface area contributed by atoms with Gasteiger partial charge in [0.15, 0.2) is 5.82 Å². The van der Waals surface area contributed by atoms with E-state index in [1.54, 1.807) is 0 Å². The number of sulfonamides is 1. The molecule has 0 saturated heterocycles. The number of pyridine rings is 1. The second kappa shape index (κ2) is 4.26. The summed E-state index contributed by atoms with van der Waals surface area (Å²) in [4.78, 5) is 3.49. The molecule has 0 unspecified atom stereocenters. The Kier molecular flexibility index (Phi) is 2.70. The number of hydrogen-bond acceptors (Lipinski definition) is 6. The fourth-order valence-corrected chi connectivity index (χ4v) is 2.44. The van der Waals surface area contributed by atoms with Gasteiger partial charge in [0.05, 0.1) is 0 Å². The van der Waals surface area contributed by atoms with Gasteiger partial charge in [-0.3, -0.25) is 0 Å². The molecule has 2 aromatic heterocycles. The van der Waals surface area contributed by atoms with Crippen LogP contribution in [-0.4, -0.2) is 23.6 Å². The molecule has 0 radical (unpaired) electrons. The molecule has 1 saturated carbocycles. The van der Waals surface area contributed by atoms with E-state index in [2.05, 4.69) is 15.2 Å². The van der Waals surface area contributed by atoms with Crippen LogP contribution in [0.2, 0.25) is 0 Å². The Morgan fingerprint density at radius 1 is 1.37 bits per heavy atom. The number of anilines is 1. The molecule has 19 heavy (non-hydrogen) atoms. The molecule has 3 rings (SSSR count). The van der Waals surface area contributed by atoms with Crippen LogP contribution in [-0.2, 0) is 10.0 Å². The van der Waals surface area contributed by atoms with Crippen molar-refractivity contribution in [2.75, 3.05) is 4.72 Å². The summed E-state index contributed by atoms with van der Waals surface area (Å²) in [6.07, 6.45) is 3.08. The van der Waals surface area contributed by atoms with Crippen molar-refractivity contribution in [2.24, 2.45) is 0 Å². The Bertz CT molecular complexity index is 711. The number of nitrogens with one attached hydrogen (secondary N) is 1. The van der Waals surface area contributed by atoms with Gasteiger partial charge in [-0.25, -0.2) is 14.1 Å². The van der Waals surface area contributed by atoms with Crippen molar-refractivity contribution in [3.05, 3.63) is 30.0 Å². The van der Waals surface area contributed by atoms with Crippen molar-refractivity contribution in [1.82, 2.24) is 15.2 Å². The van der Waals surface area contributed by atoms with Gasteiger partial charge in [-0.1, -0.05) is 5.10 Å². The van der Waals surface area contributed by atoms with Crippen LogP contribution in [0.25, 0.3) is 0 Å². The predicted molar refractivity (Wildman–Crippen MR) is 61.3 cm³/mol. The lowest BCUT2D eigenvalue weighted by molar-refractivity contribution is 0.509.